The van der Waals surface area contributed by atoms with Gasteiger partial charge in [0.05, 0.1) is 29.7 Å². The first-order valence-electron chi connectivity index (χ1n) is 10.8. The van der Waals surface area contributed by atoms with Gasteiger partial charge in [0.15, 0.2) is 6.10 Å². The summed E-state index contributed by atoms with van der Waals surface area (Å²) in [5, 5.41) is 2.79. The van der Waals surface area contributed by atoms with Crippen molar-refractivity contribution < 1.29 is 22.7 Å². The second kappa shape index (κ2) is 9.20. The van der Waals surface area contributed by atoms with Crippen LogP contribution in [0, 0.1) is 0 Å². The van der Waals surface area contributed by atoms with Gasteiger partial charge in [0.25, 0.3) is 11.8 Å². The highest BCUT2D eigenvalue weighted by Gasteiger charge is 2.35. The Morgan fingerprint density at radius 1 is 0.969 bits per heavy atom. The molecule has 2 aromatic rings. The van der Waals surface area contributed by atoms with E-state index in [-0.39, 0.29) is 12.5 Å². The molecule has 0 radical (unpaired) electrons. The lowest BCUT2D eigenvalue weighted by Crippen LogP contribution is -2.48. The monoisotopic (exact) mass is 457 g/mol. The molecule has 1 unspecified atom stereocenters. The van der Waals surface area contributed by atoms with Gasteiger partial charge in [-0.25, -0.2) is 8.42 Å². The van der Waals surface area contributed by atoms with Gasteiger partial charge in [-0.15, -0.1) is 0 Å². The number of ether oxygens (including phenoxy) is 1. The Bertz CT molecular complexity index is 1110. The maximum atomic E-state index is 13.1. The molecule has 2 amide bonds. The van der Waals surface area contributed by atoms with Crippen LogP contribution in [0.25, 0.3) is 0 Å². The molecular weight excluding hydrogens is 430 g/mol. The zero-order valence-corrected chi connectivity index (χ0v) is 18.8. The normalized spacial score (nSPS) is 18.8. The van der Waals surface area contributed by atoms with Gasteiger partial charge in [-0.1, -0.05) is 37.1 Å². The van der Waals surface area contributed by atoms with Gasteiger partial charge in [-0.05, 0) is 37.1 Å². The van der Waals surface area contributed by atoms with Crippen molar-refractivity contribution in [3.05, 3.63) is 54.1 Å². The van der Waals surface area contributed by atoms with Crippen LogP contribution >= 0.6 is 0 Å². The van der Waals surface area contributed by atoms with Crippen LogP contribution in [0.1, 0.15) is 36.0 Å². The molecule has 1 saturated heterocycles. The number of nitrogens with one attached hydrogen (secondary N) is 1. The van der Waals surface area contributed by atoms with E-state index in [9.17, 15) is 18.0 Å². The molecular formula is C23H27N3O5S. The number of rotatable bonds is 4. The molecule has 0 saturated carbocycles. The Morgan fingerprint density at radius 2 is 1.62 bits per heavy atom. The van der Waals surface area contributed by atoms with Gasteiger partial charge < -0.3 is 15.0 Å². The minimum Gasteiger partial charge on any atom is -0.476 e. The van der Waals surface area contributed by atoms with Crippen LogP contribution in [0.3, 0.4) is 0 Å². The molecule has 1 N–H and O–H groups in total. The summed E-state index contributed by atoms with van der Waals surface area (Å²) >= 11 is 0. The average molecular weight is 458 g/mol. The minimum atomic E-state index is -3.61. The number of nitrogens with zero attached hydrogens (tertiary/aromatic N) is 2. The second-order valence-corrected chi connectivity index (χ2v) is 10.0. The minimum absolute atomic E-state index is 0.115. The van der Waals surface area contributed by atoms with Gasteiger partial charge in [0.2, 0.25) is 10.0 Å². The Kier molecular flexibility index (Phi) is 6.36. The summed E-state index contributed by atoms with van der Waals surface area (Å²) in [6, 6.07) is 13.6. The molecule has 0 aromatic heterocycles. The quantitative estimate of drug-likeness (QED) is 0.762. The summed E-state index contributed by atoms with van der Waals surface area (Å²) in [6.07, 6.45) is 4.20. The van der Waals surface area contributed by atoms with Crippen LogP contribution in [0.15, 0.2) is 48.5 Å². The summed E-state index contributed by atoms with van der Waals surface area (Å²) in [5.74, 6) is -0.307. The zero-order chi connectivity index (χ0) is 22.7. The van der Waals surface area contributed by atoms with Crippen LogP contribution in [0.5, 0.6) is 5.75 Å². The van der Waals surface area contributed by atoms with E-state index in [1.165, 1.54) is 4.31 Å². The molecule has 0 spiro atoms. The molecule has 9 heteroatoms. The van der Waals surface area contributed by atoms with E-state index in [0.29, 0.717) is 35.8 Å². The van der Waals surface area contributed by atoms with E-state index in [1.54, 1.807) is 48.5 Å². The third-order valence-corrected chi connectivity index (χ3v) is 6.88. The SMILES string of the molecule is CS(=O)(=O)N1CC(C(=O)Nc2ccccc2C(=O)N2CCCCCC2)Oc2ccccc21. The van der Waals surface area contributed by atoms with Crippen LogP contribution in [-0.2, 0) is 14.8 Å². The van der Waals surface area contributed by atoms with Gasteiger partial charge in [0.1, 0.15) is 5.75 Å². The Hall–Kier alpha value is -3.07. The van der Waals surface area contributed by atoms with E-state index in [1.807, 2.05) is 4.90 Å². The van der Waals surface area contributed by atoms with Crippen molar-refractivity contribution in [3.63, 3.8) is 0 Å². The molecule has 2 aliphatic rings. The third-order valence-electron chi connectivity index (χ3n) is 5.74. The summed E-state index contributed by atoms with van der Waals surface area (Å²) < 4.78 is 31.6. The average Bonchev–Trinajstić information content (AvgIpc) is 3.07. The van der Waals surface area contributed by atoms with Crippen molar-refractivity contribution in [3.8, 4) is 5.75 Å². The van der Waals surface area contributed by atoms with Crippen LogP contribution < -0.4 is 14.4 Å². The van der Waals surface area contributed by atoms with Gasteiger partial charge >= 0.3 is 0 Å². The number of hydrogen-bond donors (Lipinski definition) is 1. The van der Waals surface area contributed by atoms with Crippen molar-refractivity contribution in [2.24, 2.45) is 0 Å². The van der Waals surface area contributed by atoms with E-state index >= 15 is 0 Å². The lowest BCUT2D eigenvalue weighted by atomic mass is 10.1. The van der Waals surface area contributed by atoms with Crippen LogP contribution in [0.4, 0.5) is 11.4 Å². The van der Waals surface area contributed by atoms with E-state index in [2.05, 4.69) is 5.32 Å². The van der Waals surface area contributed by atoms with Crippen molar-refractivity contribution in [1.29, 1.82) is 0 Å². The van der Waals surface area contributed by atoms with Crippen molar-refractivity contribution in [1.82, 2.24) is 4.90 Å². The fourth-order valence-electron chi connectivity index (χ4n) is 4.09. The molecule has 2 aromatic carbocycles. The number of para-hydroxylation sites is 3. The number of fused-ring (bicyclic) bond motifs is 1. The lowest BCUT2D eigenvalue weighted by molar-refractivity contribution is -0.122. The highest BCUT2D eigenvalue weighted by molar-refractivity contribution is 7.92. The number of sulfonamides is 1. The van der Waals surface area contributed by atoms with Crippen LogP contribution in [0.2, 0.25) is 0 Å². The number of amides is 2. The first-order chi connectivity index (χ1) is 15.3. The first-order valence-corrected chi connectivity index (χ1v) is 12.6. The summed E-state index contributed by atoms with van der Waals surface area (Å²) in [5.41, 5.74) is 1.20. The smallest absolute Gasteiger partial charge is 0.267 e. The van der Waals surface area contributed by atoms with Gasteiger partial charge in [0, 0.05) is 13.1 Å². The molecule has 0 bridgehead atoms. The van der Waals surface area contributed by atoms with Gasteiger partial charge in [-0.2, -0.15) is 0 Å². The molecule has 0 aliphatic carbocycles. The number of likely N-dealkylation sites (tertiary alicyclic amines) is 1. The maximum Gasteiger partial charge on any atom is 0.267 e. The number of carbonyl (C=O) groups excluding carboxylic acids is 2. The predicted molar refractivity (Wildman–Crippen MR) is 122 cm³/mol. The fraction of sp³-hybridized carbons (Fsp3) is 0.391. The molecule has 4 rings (SSSR count). The Labute approximate surface area is 188 Å². The van der Waals surface area contributed by atoms with Crippen molar-refractivity contribution in [2.75, 3.05) is 35.5 Å². The van der Waals surface area contributed by atoms with Gasteiger partial charge in [-0.3, -0.25) is 13.9 Å². The number of benzene rings is 2. The van der Waals surface area contributed by atoms with E-state index < -0.39 is 22.0 Å². The lowest BCUT2D eigenvalue weighted by Gasteiger charge is -2.34. The number of hydrogen-bond acceptors (Lipinski definition) is 5. The van der Waals surface area contributed by atoms with Crippen molar-refractivity contribution in [2.45, 2.75) is 31.8 Å². The largest absolute Gasteiger partial charge is 0.476 e. The Balaban J connectivity index is 1.55. The molecule has 32 heavy (non-hydrogen) atoms. The van der Waals surface area contributed by atoms with E-state index in [4.69, 9.17) is 4.74 Å². The number of carbonyl (C=O) groups is 2. The van der Waals surface area contributed by atoms with E-state index in [0.717, 1.165) is 31.9 Å². The summed E-state index contributed by atoms with van der Waals surface area (Å²) in [7, 11) is -3.61. The van der Waals surface area contributed by atoms with Crippen LogP contribution in [-0.4, -0.2) is 57.1 Å². The topological polar surface area (TPSA) is 96.0 Å². The standard InChI is InChI=1S/C23H27N3O5S/c1-32(29,30)26-16-21(31-20-13-7-6-12-19(20)26)22(27)24-18-11-5-4-10-17(18)23(28)25-14-8-2-3-9-15-25/h4-7,10-13,21H,2-3,8-9,14-16H2,1H3,(H,24,27). The third kappa shape index (κ3) is 4.72. The predicted octanol–water partition coefficient (Wildman–Crippen LogP) is 2.87. The molecule has 1 fully saturated rings. The highest BCUT2D eigenvalue weighted by atomic mass is 32.2. The molecule has 170 valence electrons. The van der Waals surface area contributed by atoms with Crippen molar-refractivity contribution >= 4 is 33.2 Å². The molecule has 2 heterocycles. The zero-order valence-electron chi connectivity index (χ0n) is 18.0. The molecule has 2 aliphatic heterocycles. The first kappa shape index (κ1) is 22.1. The highest BCUT2D eigenvalue weighted by Crippen LogP contribution is 2.35. The Morgan fingerprint density at radius 3 is 2.34 bits per heavy atom. The summed E-state index contributed by atoms with van der Waals surface area (Å²) in [4.78, 5) is 28.0. The molecule has 8 nitrogen and oxygen atoms in total. The maximum absolute atomic E-state index is 13.1. The summed E-state index contributed by atoms with van der Waals surface area (Å²) in [6.45, 7) is 1.25. The number of anilines is 2. The fourth-order valence-corrected chi connectivity index (χ4v) is 5.00. The second-order valence-electron chi connectivity index (χ2n) is 8.11. The molecule has 1 atom stereocenters.